The first-order valence-electron chi connectivity index (χ1n) is 7.79. The molecule has 0 saturated heterocycles. The number of carbonyl (C=O) groups is 1. The number of ether oxygens (including phenoxy) is 1. The van der Waals surface area contributed by atoms with Crippen molar-refractivity contribution in [2.75, 3.05) is 12.3 Å². The Morgan fingerprint density at radius 3 is 2.54 bits per heavy atom. The maximum Gasteiger partial charge on any atom is 0.410 e. The predicted molar refractivity (Wildman–Crippen MR) is 114 cm³/mol. The topological polar surface area (TPSA) is 67.9 Å². The third-order valence-electron chi connectivity index (χ3n) is 2.85. The molecule has 24 heavy (non-hydrogen) atoms. The number of hydrogen-bond acceptors (Lipinski definition) is 4. The smallest absolute Gasteiger partial charge is 0.410 e. The minimum atomic E-state index is -0.498. The average molecular weight is 465 g/mol. The molecule has 2 N–H and O–H groups in total. The Morgan fingerprint density at radius 1 is 1.33 bits per heavy atom. The zero-order valence-corrected chi connectivity index (χ0v) is 18.2. The zero-order chi connectivity index (χ0) is 17.5. The highest BCUT2D eigenvalue weighted by molar-refractivity contribution is 14.0. The normalized spacial score (nSPS) is 11.6. The second-order valence-corrected chi connectivity index (χ2v) is 7.33. The summed E-state index contributed by atoms with van der Waals surface area (Å²) < 4.78 is 5.43. The molecule has 0 fully saturated rings. The molecule has 7 heteroatoms. The Bertz CT molecular complexity index is 559. The van der Waals surface area contributed by atoms with Crippen molar-refractivity contribution in [2.24, 2.45) is 10.7 Å². The van der Waals surface area contributed by atoms with Gasteiger partial charge >= 0.3 is 6.09 Å². The molecule has 0 spiro atoms. The van der Waals surface area contributed by atoms with E-state index in [2.05, 4.69) is 4.99 Å². The molecule has 0 aliphatic rings. The summed E-state index contributed by atoms with van der Waals surface area (Å²) in [6.07, 6.45) is -0.310. The Balaban J connectivity index is 0.00000529. The second kappa shape index (κ2) is 10.8. The standard InChI is InChI=1S/C17H27N3O2S.HI/c1-6-20(16(21)22-17(3,4)5)12-13-9-8-10-14(11-13)19-15(18)23-7-2;/h8-11H,6-7,12H2,1-5H3,(H2,18,19);1H. The van der Waals surface area contributed by atoms with Crippen molar-refractivity contribution < 1.29 is 9.53 Å². The van der Waals surface area contributed by atoms with Crippen LogP contribution in [0.1, 0.15) is 40.2 Å². The molecule has 0 heterocycles. The van der Waals surface area contributed by atoms with Gasteiger partial charge in [-0.25, -0.2) is 9.79 Å². The molecule has 1 aromatic rings. The highest BCUT2D eigenvalue weighted by Crippen LogP contribution is 2.18. The van der Waals surface area contributed by atoms with Gasteiger partial charge in [0.2, 0.25) is 0 Å². The highest BCUT2D eigenvalue weighted by Gasteiger charge is 2.21. The van der Waals surface area contributed by atoms with Crippen molar-refractivity contribution in [3.8, 4) is 0 Å². The molecule has 1 rings (SSSR count). The fourth-order valence-electron chi connectivity index (χ4n) is 1.88. The minimum Gasteiger partial charge on any atom is -0.444 e. The number of nitrogens with zero attached hydrogens (tertiary/aromatic N) is 2. The number of amides is 1. The monoisotopic (exact) mass is 465 g/mol. The molecular formula is C17H28IN3O2S. The van der Waals surface area contributed by atoms with Crippen LogP contribution in [0.2, 0.25) is 0 Å². The maximum absolute atomic E-state index is 12.2. The quantitative estimate of drug-likeness (QED) is 0.387. The van der Waals surface area contributed by atoms with E-state index in [9.17, 15) is 4.79 Å². The number of amidine groups is 1. The van der Waals surface area contributed by atoms with Gasteiger partial charge in [0.25, 0.3) is 0 Å². The SMILES string of the molecule is CCSC(N)=Nc1cccc(CN(CC)C(=O)OC(C)(C)C)c1.I. The van der Waals surface area contributed by atoms with Crippen LogP contribution in [0.25, 0.3) is 0 Å². The van der Waals surface area contributed by atoms with Gasteiger partial charge in [-0.05, 0) is 51.1 Å². The Morgan fingerprint density at radius 2 is 2.00 bits per heavy atom. The van der Waals surface area contributed by atoms with Crippen LogP contribution in [0.4, 0.5) is 10.5 Å². The predicted octanol–water partition coefficient (Wildman–Crippen LogP) is 4.76. The van der Waals surface area contributed by atoms with Crippen LogP contribution in [0.5, 0.6) is 0 Å². The first-order valence-corrected chi connectivity index (χ1v) is 8.77. The van der Waals surface area contributed by atoms with E-state index in [0.717, 1.165) is 17.0 Å². The molecule has 5 nitrogen and oxygen atoms in total. The van der Waals surface area contributed by atoms with Crippen LogP contribution in [-0.4, -0.2) is 34.1 Å². The summed E-state index contributed by atoms with van der Waals surface area (Å²) in [5, 5.41) is 0.545. The Labute approximate surface area is 166 Å². The molecule has 0 saturated carbocycles. The van der Waals surface area contributed by atoms with Gasteiger partial charge in [-0.1, -0.05) is 30.8 Å². The Hall–Kier alpha value is -0.960. The zero-order valence-electron chi connectivity index (χ0n) is 15.0. The lowest BCUT2D eigenvalue weighted by Gasteiger charge is -2.26. The van der Waals surface area contributed by atoms with E-state index < -0.39 is 5.60 Å². The molecule has 0 aliphatic heterocycles. The van der Waals surface area contributed by atoms with Crippen LogP contribution in [-0.2, 0) is 11.3 Å². The van der Waals surface area contributed by atoms with Crippen molar-refractivity contribution in [2.45, 2.75) is 46.8 Å². The van der Waals surface area contributed by atoms with Crippen molar-refractivity contribution >= 4 is 52.7 Å². The summed E-state index contributed by atoms with van der Waals surface area (Å²) in [5.41, 5.74) is 7.13. The maximum atomic E-state index is 12.2. The van der Waals surface area contributed by atoms with Crippen molar-refractivity contribution in [3.05, 3.63) is 29.8 Å². The number of thioether (sulfide) groups is 1. The minimum absolute atomic E-state index is 0. The lowest BCUT2D eigenvalue weighted by atomic mass is 10.2. The molecule has 0 bridgehead atoms. The van der Waals surface area contributed by atoms with E-state index in [0.29, 0.717) is 18.3 Å². The second-order valence-electron chi connectivity index (χ2n) is 6.05. The van der Waals surface area contributed by atoms with Crippen molar-refractivity contribution in [1.29, 1.82) is 0 Å². The molecule has 1 amide bonds. The van der Waals surface area contributed by atoms with E-state index in [4.69, 9.17) is 10.5 Å². The number of hydrogen-bond donors (Lipinski definition) is 1. The summed E-state index contributed by atoms with van der Waals surface area (Å²) in [4.78, 5) is 18.2. The van der Waals surface area contributed by atoms with Crippen LogP contribution in [0.15, 0.2) is 29.3 Å². The van der Waals surface area contributed by atoms with E-state index in [1.807, 2.05) is 58.9 Å². The van der Waals surface area contributed by atoms with Gasteiger partial charge < -0.3 is 15.4 Å². The van der Waals surface area contributed by atoms with Crippen LogP contribution in [0.3, 0.4) is 0 Å². The largest absolute Gasteiger partial charge is 0.444 e. The van der Waals surface area contributed by atoms with E-state index in [-0.39, 0.29) is 30.1 Å². The number of carbonyl (C=O) groups excluding carboxylic acids is 1. The van der Waals surface area contributed by atoms with Gasteiger partial charge in [-0.2, -0.15) is 0 Å². The summed E-state index contributed by atoms with van der Waals surface area (Å²) in [6.45, 7) is 10.6. The molecule has 0 unspecified atom stereocenters. The number of rotatable bonds is 5. The van der Waals surface area contributed by atoms with Crippen molar-refractivity contribution in [3.63, 3.8) is 0 Å². The summed E-state index contributed by atoms with van der Waals surface area (Å²) in [5.74, 6) is 0.886. The third kappa shape index (κ3) is 8.77. The summed E-state index contributed by atoms with van der Waals surface area (Å²) >= 11 is 1.50. The highest BCUT2D eigenvalue weighted by atomic mass is 127. The van der Waals surface area contributed by atoms with Crippen LogP contribution >= 0.6 is 35.7 Å². The van der Waals surface area contributed by atoms with E-state index in [1.54, 1.807) is 4.90 Å². The molecule has 0 aliphatic carbocycles. The molecule has 0 atom stereocenters. The molecule has 0 aromatic heterocycles. The average Bonchev–Trinajstić information content (AvgIpc) is 2.43. The first kappa shape index (κ1) is 23.0. The molecule has 1 aromatic carbocycles. The van der Waals surface area contributed by atoms with Gasteiger partial charge in [0.15, 0.2) is 5.17 Å². The van der Waals surface area contributed by atoms with E-state index in [1.165, 1.54) is 11.8 Å². The lowest BCUT2D eigenvalue weighted by molar-refractivity contribution is 0.0244. The molecule has 136 valence electrons. The van der Waals surface area contributed by atoms with Crippen molar-refractivity contribution in [1.82, 2.24) is 4.90 Å². The van der Waals surface area contributed by atoms with Gasteiger partial charge in [0.05, 0.1) is 5.69 Å². The Kier molecular flexibility index (Phi) is 10.4. The fraction of sp³-hybridized carbons (Fsp3) is 0.529. The molecule has 0 radical (unpaired) electrons. The lowest BCUT2D eigenvalue weighted by Crippen LogP contribution is -2.36. The van der Waals surface area contributed by atoms with Crippen LogP contribution < -0.4 is 5.73 Å². The number of benzene rings is 1. The van der Waals surface area contributed by atoms with Gasteiger partial charge in [0.1, 0.15) is 5.60 Å². The van der Waals surface area contributed by atoms with E-state index >= 15 is 0 Å². The summed E-state index contributed by atoms with van der Waals surface area (Å²) in [7, 11) is 0. The summed E-state index contributed by atoms with van der Waals surface area (Å²) in [6, 6.07) is 7.72. The number of aliphatic imine (C=N–C) groups is 1. The van der Waals surface area contributed by atoms with Gasteiger partial charge in [-0.3, -0.25) is 0 Å². The molecular weight excluding hydrogens is 437 g/mol. The third-order valence-corrected chi connectivity index (χ3v) is 3.52. The number of nitrogens with two attached hydrogens (primary N) is 1. The van der Waals surface area contributed by atoms with Gasteiger partial charge in [-0.15, -0.1) is 24.0 Å². The van der Waals surface area contributed by atoms with Crippen LogP contribution in [0, 0.1) is 0 Å². The first-order chi connectivity index (χ1) is 10.7. The van der Waals surface area contributed by atoms with Gasteiger partial charge in [0, 0.05) is 13.1 Å². The number of halogens is 1. The fourth-order valence-corrected chi connectivity index (χ4v) is 2.35.